The number of hydrogen-bond donors (Lipinski definition) is 1. The predicted molar refractivity (Wildman–Crippen MR) is 66.1 cm³/mol. The number of aromatic nitrogens is 2. The van der Waals surface area contributed by atoms with Gasteiger partial charge in [-0.1, -0.05) is 12.1 Å². The molecule has 0 amide bonds. The van der Waals surface area contributed by atoms with E-state index in [1.54, 1.807) is 12.1 Å². The summed E-state index contributed by atoms with van der Waals surface area (Å²) >= 11 is 0. The summed E-state index contributed by atoms with van der Waals surface area (Å²) in [5, 5.41) is 12.5. The Morgan fingerprint density at radius 1 is 1.33 bits per heavy atom. The zero-order valence-electron chi connectivity index (χ0n) is 10.7. The van der Waals surface area contributed by atoms with Gasteiger partial charge < -0.3 is 9.84 Å². The number of para-hydroxylation sites is 1. The van der Waals surface area contributed by atoms with Crippen LogP contribution in [0, 0.1) is 0 Å². The average molecular weight is 300 g/mol. The summed E-state index contributed by atoms with van der Waals surface area (Å²) < 4.78 is 43.5. The van der Waals surface area contributed by atoms with Crippen LogP contribution in [-0.4, -0.2) is 27.5 Å². The first-order valence-electron chi connectivity index (χ1n) is 5.92. The van der Waals surface area contributed by atoms with Crippen molar-refractivity contribution in [2.24, 2.45) is 0 Å². The minimum atomic E-state index is -4.44. The van der Waals surface area contributed by atoms with Gasteiger partial charge in [0.1, 0.15) is 17.9 Å². The van der Waals surface area contributed by atoms with Crippen LogP contribution in [0.5, 0.6) is 5.75 Å². The second kappa shape index (κ2) is 5.86. The lowest BCUT2D eigenvalue weighted by Gasteiger charge is -2.08. The number of aromatic carboxylic acids is 1. The van der Waals surface area contributed by atoms with E-state index < -0.39 is 17.7 Å². The van der Waals surface area contributed by atoms with E-state index in [0.717, 1.165) is 17.1 Å². The molecule has 0 aliphatic heterocycles. The van der Waals surface area contributed by atoms with E-state index in [1.165, 1.54) is 12.1 Å². The molecule has 21 heavy (non-hydrogen) atoms. The van der Waals surface area contributed by atoms with Gasteiger partial charge in [0, 0.05) is 6.20 Å². The highest BCUT2D eigenvalue weighted by Gasteiger charge is 2.32. The first kappa shape index (κ1) is 14.9. The molecule has 0 unspecified atom stereocenters. The second-order valence-electron chi connectivity index (χ2n) is 4.14. The lowest BCUT2D eigenvalue weighted by atomic mass is 10.2. The third-order valence-electron chi connectivity index (χ3n) is 2.66. The first-order chi connectivity index (χ1) is 9.88. The zero-order chi connectivity index (χ0) is 15.5. The Morgan fingerprint density at radius 3 is 2.67 bits per heavy atom. The molecule has 0 saturated carbocycles. The fourth-order valence-corrected chi connectivity index (χ4v) is 1.65. The van der Waals surface area contributed by atoms with Crippen LogP contribution in [0.3, 0.4) is 0 Å². The SMILES string of the molecule is O=C(O)c1ccccc1OCCn1cc(C(F)(F)F)cn1. The van der Waals surface area contributed by atoms with Crippen LogP contribution in [0.25, 0.3) is 0 Å². The molecule has 0 aliphatic rings. The summed E-state index contributed by atoms with van der Waals surface area (Å²) in [6.45, 7) is 0.0767. The maximum absolute atomic E-state index is 12.4. The third-order valence-corrected chi connectivity index (χ3v) is 2.66. The Bertz CT molecular complexity index is 638. The predicted octanol–water partition coefficient (Wildman–Crippen LogP) is 2.68. The van der Waals surface area contributed by atoms with E-state index in [-0.39, 0.29) is 24.5 Å². The maximum atomic E-state index is 12.4. The fourth-order valence-electron chi connectivity index (χ4n) is 1.65. The van der Waals surface area contributed by atoms with Gasteiger partial charge in [0.25, 0.3) is 0 Å². The van der Waals surface area contributed by atoms with E-state index in [9.17, 15) is 18.0 Å². The lowest BCUT2D eigenvalue weighted by molar-refractivity contribution is -0.137. The van der Waals surface area contributed by atoms with Crippen LogP contribution >= 0.6 is 0 Å². The number of halogens is 3. The third kappa shape index (κ3) is 3.74. The minimum Gasteiger partial charge on any atom is -0.491 e. The largest absolute Gasteiger partial charge is 0.491 e. The monoisotopic (exact) mass is 300 g/mol. The Morgan fingerprint density at radius 2 is 2.05 bits per heavy atom. The second-order valence-corrected chi connectivity index (χ2v) is 4.14. The molecule has 0 bridgehead atoms. The molecule has 112 valence electrons. The van der Waals surface area contributed by atoms with Crippen LogP contribution in [0.15, 0.2) is 36.7 Å². The van der Waals surface area contributed by atoms with Gasteiger partial charge in [-0.05, 0) is 12.1 Å². The average Bonchev–Trinajstić information content (AvgIpc) is 2.88. The van der Waals surface area contributed by atoms with E-state index >= 15 is 0 Å². The smallest absolute Gasteiger partial charge is 0.419 e. The molecule has 8 heteroatoms. The van der Waals surface area contributed by atoms with Crippen molar-refractivity contribution >= 4 is 5.97 Å². The Kier molecular flexibility index (Phi) is 4.15. The number of carboxylic acid groups (broad SMARTS) is 1. The summed E-state index contributed by atoms with van der Waals surface area (Å²) in [6.07, 6.45) is -2.84. The van der Waals surface area contributed by atoms with Crippen molar-refractivity contribution in [3.8, 4) is 5.75 Å². The molecule has 2 rings (SSSR count). The topological polar surface area (TPSA) is 64.3 Å². The number of hydrogen-bond acceptors (Lipinski definition) is 3. The summed E-state index contributed by atoms with van der Waals surface area (Å²) in [5.41, 5.74) is -0.845. The number of rotatable bonds is 5. The molecule has 5 nitrogen and oxygen atoms in total. The van der Waals surface area contributed by atoms with Gasteiger partial charge in [-0.2, -0.15) is 18.3 Å². The first-order valence-corrected chi connectivity index (χ1v) is 5.92. The van der Waals surface area contributed by atoms with Gasteiger partial charge in [-0.25, -0.2) is 4.79 Å². The summed E-state index contributed by atoms with van der Waals surface area (Å²) in [7, 11) is 0. The van der Waals surface area contributed by atoms with Gasteiger partial charge in [0.05, 0.1) is 18.3 Å². The summed E-state index contributed by atoms with van der Waals surface area (Å²) in [5.74, 6) is -0.975. The van der Waals surface area contributed by atoms with Gasteiger partial charge in [0.2, 0.25) is 0 Å². The van der Waals surface area contributed by atoms with Crippen LogP contribution in [0.1, 0.15) is 15.9 Å². The molecule has 1 aromatic carbocycles. The maximum Gasteiger partial charge on any atom is 0.419 e. The minimum absolute atomic E-state index is 0.00324. The van der Waals surface area contributed by atoms with Crippen molar-refractivity contribution in [1.82, 2.24) is 9.78 Å². The van der Waals surface area contributed by atoms with Crippen molar-refractivity contribution in [2.75, 3.05) is 6.61 Å². The van der Waals surface area contributed by atoms with Gasteiger partial charge in [0.15, 0.2) is 0 Å². The number of ether oxygens (including phenoxy) is 1. The van der Waals surface area contributed by atoms with Crippen LogP contribution in [0.2, 0.25) is 0 Å². The number of alkyl halides is 3. The highest BCUT2D eigenvalue weighted by atomic mass is 19.4. The lowest BCUT2D eigenvalue weighted by Crippen LogP contribution is -2.11. The van der Waals surface area contributed by atoms with Gasteiger partial charge >= 0.3 is 12.1 Å². The van der Waals surface area contributed by atoms with E-state index in [0.29, 0.717) is 0 Å². The highest BCUT2D eigenvalue weighted by Crippen LogP contribution is 2.28. The molecule has 1 aromatic heterocycles. The van der Waals surface area contributed by atoms with Crippen molar-refractivity contribution in [1.29, 1.82) is 0 Å². The molecule has 0 spiro atoms. The molecule has 0 saturated heterocycles. The standard InChI is InChI=1S/C13H11F3N2O3/c14-13(15,16)9-7-17-18(8-9)5-6-21-11-4-2-1-3-10(11)12(19)20/h1-4,7-8H,5-6H2,(H,19,20). The van der Waals surface area contributed by atoms with E-state index in [1.807, 2.05) is 0 Å². The highest BCUT2D eigenvalue weighted by molar-refractivity contribution is 5.90. The van der Waals surface area contributed by atoms with Gasteiger partial charge in [-0.15, -0.1) is 0 Å². The van der Waals surface area contributed by atoms with E-state index in [4.69, 9.17) is 9.84 Å². The number of carboxylic acids is 1. The molecular weight excluding hydrogens is 289 g/mol. The van der Waals surface area contributed by atoms with Crippen molar-refractivity contribution in [3.63, 3.8) is 0 Å². The molecule has 2 aromatic rings. The molecule has 0 atom stereocenters. The molecular formula is C13H11F3N2O3. The fraction of sp³-hybridized carbons (Fsp3) is 0.231. The Balaban J connectivity index is 1.96. The number of carbonyl (C=O) groups is 1. The van der Waals surface area contributed by atoms with Crippen LogP contribution < -0.4 is 4.74 Å². The van der Waals surface area contributed by atoms with Crippen LogP contribution in [-0.2, 0) is 12.7 Å². The quantitative estimate of drug-likeness (QED) is 0.922. The molecule has 1 N–H and O–H groups in total. The summed E-state index contributed by atoms with van der Waals surface area (Å²) in [4.78, 5) is 10.9. The molecule has 1 heterocycles. The summed E-state index contributed by atoms with van der Waals surface area (Å²) in [6, 6.07) is 6.03. The van der Waals surface area contributed by atoms with Crippen molar-refractivity contribution in [2.45, 2.75) is 12.7 Å². The Hall–Kier alpha value is -2.51. The zero-order valence-corrected chi connectivity index (χ0v) is 10.7. The molecule has 0 aliphatic carbocycles. The Labute approximate surface area is 117 Å². The molecule has 0 fully saturated rings. The van der Waals surface area contributed by atoms with Crippen LogP contribution in [0.4, 0.5) is 13.2 Å². The number of nitrogens with zero attached hydrogens (tertiary/aromatic N) is 2. The normalized spacial score (nSPS) is 11.4. The van der Waals surface area contributed by atoms with Gasteiger partial charge in [-0.3, -0.25) is 4.68 Å². The van der Waals surface area contributed by atoms with Crippen molar-refractivity contribution < 1.29 is 27.8 Å². The number of benzene rings is 1. The van der Waals surface area contributed by atoms with E-state index in [2.05, 4.69) is 5.10 Å². The molecule has 0 radical (unpaired) electrons. The van der Waals surface area contributed by atoms with Crippen molar-refractivity contribution in [3.05, 3.63) is 47.8 Å².